The quantitative estimate of drug-likeness (QED) is 0.796. The standard InChI is InChI=1S/C17H18N6O/c1-11-3-5-15(22-21-11)23-8-7-13-14(10-23)20-17(19-13)12-4-6-16(24-2)18-9-12/h3-6,9H,7-8,10H2,1-2H3,(H,19,20). The van der Waals surface area contributed by atoms with Gasteiger partial charge in [0.05, 0.1) is 30.7 Å². The monoisotopic (exact) mass is 322 g/mol. The molecule has 4 heterocycles. The smallest absolute Gasteiger partial charge is 0.212 e. The summed E-state index contributed by atoms with van der Waals surface area (Å²) in [5, 5.41) is 8.42. The third-order valence-electron chi connectivity index (χ3n) is 4.16. The van der Waals surface area contributed by atoms with Crippen molar-refractivity contribution in [1.29, 1.82) is 0 Å². The van der Waals surface area contributed by atoms with Gasteiger partial charge in [0.2, 0.25) is 5.88 Å². The average Bonchev–Trinajstić information content (AvgIpc) is 3.05. The lowest BCUT2D eigenvalue weighted by Crippen LogP contribution is -2.31. The Kier molecular flexibility index (Phi) is 3.60. The summed E-state index contributed by atoms with van der Waals surface area (Å²) in [6, 6.07) is 7.79. The van der Waals surface area contributed by atoms with Crippen LogP contribution in [0.4, 0.5) is 5.82 Å². The number of H-pyrrole nitrogens is 1. The molecule has 7 heteroatoms. The fourth-order valence-corrected chi connectivity index (χ4v) is 2.83. The van der Waals surface area contributed by atoms with Gasteiger partial charge in [-0.25, -0.2) is 9.97 Å². The molecule has 0 amide bonds. The highest BCUT2D eigenvalue weighted by molar-refractivity contribution is 5.56. The van der Waals surface area contributed by atoms with Crippen molar-refractivity contribution in [2.24, 2.45) is 0 Å². The van der Waals surface area contributed by atoms with Crippen LogP contribution in [0.15, 0.2) is 30.5 Å². The minimum atomic E-state index is 0.596. The van der Waals surface area contributed by atoms with Gasteiger partial charge in [0.1, 0.15) is 5.82 Å². The van der Waals surface area contributed by atoms with E-state index in [-0.39, 0.29) is 0 Å². The lowest BCUT2D eigenvalue weighted by Gasteiger charge is -2.26. The zero-order valence-corrected chi connectivity index (χ0v) is 13.7. The summed E-state index contributed by atoms with van der Waals surface area (Å²) in [6.07, 6.45) is 2.65. The average molecular weight is 322 g/mol. The van der Waals surface area contributed by atoms with Crippen molar-refractivity contribution in [2.75, 3.05) is 18.6 Å². The van der Waals surface area contributed by atoms with Crippen LogP contribution in [-0.2, 0) is 13.0 Å². The molecule has 0 saturated carbocycles. The molecule has 1 N–H and O–H groups in total. The van der Waals surface area contributed by atoms with Crippen molar-refractivity contribution < 1.29 is 4.74 Å². The minimum absolute atomic E-state index is 0.596. The third-order valence-corrected chi connectivity index (χ3v) is 4.16. The van der Waals surface area contributed by atoms with E-state index in [4.69, 9.17) is 9.72 Å². The second-order valence-electron chi connectivity index (χ2n) is 5.80. The van der Waals surface area contributed by atoms with Crippen LogP contribution in [0.3, 0.4) is 0 Å². The van der Waals surface area contributed by atoms with E-state index in [0.717, 1.165) is 53.8 Å². The Balaban J connectivity index is 1.58. The molecule has 1 aliphatic heterocycles. The highest BCUT2D eigenvalue weighted by Crippen LogP contribution is 2.25. The molecule has 122 valence electrons. The van der Waals surface area contributed by atoms with Crippen LogP contribution < -0.4 is 9.64 Å². The Hall–Kier alpha value is -2.96. The number of ether oxygens (including phenoxy) is 1. The number of nitrogens with zero attached hydrogens (tertiary/aromatic N) is 5. The van der Waals surface area contributed by atoms with Gasteiger partial charge in [-0.2, -0.15) is 5.10 Å². The Labute approximate surface area is 139 Å². The van der Waals surface area contributed by atoms with E-state index in [1.54, 1.807) is 13.3 Å². The van der Waals surface area contributed by atoms with E-state index < -0.39 is 0 Å². The van der Waals surface area contributed by atoms with Gasteiger partial charge in [-0.1, -0.05) is 0 Å². The van der Waals surface area contributed by atoms with Crippen LogP contribution in [0, 0.1) is 6.92 Å². The van der Waals surface area contributed by atoms with Gasteiger partial charge < -0.3 is 14.6 Å². The van der Waals surface area contributed by atoms with Gasteiger partial charge in [0.15, 0.2) is 5.82 Å². The van der Waals surface area contributed by atoms with E-state index in [1.807, 2.05) is 31.2 Å². The normalized spacial score (nSPS) is 13.7. The fraction of sp³-hybridized carbons (Fsp3) is 0.294. The number of imidazole rings is 1. The molecule has 0 aromatic carbocycles. The summed E-state index contributed by atoms with van der Waals surface area (Å²) in [6.45, 7) is 3.58. The van der Waals surface area contributed by atoms with Crippen molar-refractivity contribution in [1.82, 2.24) is 25.1 Å². The number of aromatic nitrogens is 5. The Morgan fingerprint density at radius 3 is 2.79 bits per heavy atom. The first-order valence-electron chi connectivity index (χ1n) is 7.86. The summed E-state index contributed by atoms with van der Waals surface area (Å²) >= 11 is 0. The molecular formula is C17H18N6O. The molecule has 0 spiro atoms. The van der Waals surface area contributed by atoms with Crippen LogP contribution >= 0.6 is 0 Å². The van der Waals surface area contributed by atoms with E-state index in [0.29, 0.717) is 5.88 Å². The highest BCUT2D eigenvalue weighted by atomic mass is 16.5. The molecule has 3 aromatic rings. The van der Waals surface area contributed by atoms with E-state index in [2.05, 4.69) is 25.1 Å². The molecule has 0 fully saturated rings. The predicted octanol–water partition coefficient (Wildman–Crippen LogP) is 2.14. The molecular weight excluding hydrogens is 304 g/mol. The molecule has 0 saturated heterocycles. The number of rotatable bonds is 3. The van der Waals surface area contributed by atoms with Crippen LogP contribution in [0.2, 0.25) is 0 Å². The van der Waals surface area contributed by atoms with Crippen molar-refractivity contribution in [3.05, 3.63) is 47.5 Å². The van der Waals surface area contributed by atoms with E-state index in [9.17, 15) is 0 Å². The number of aryl methyl sites for hydroxylation is 1. The van der Waals surface area contributed by atoms with Gasteiger partial charge in [0, 0.05) is 30.8 Å². The Morgan fingerprint density at radius 2 is 2.08 bits per heavy atom. The molecule has 0 unspecified atom stereocenters. The summed E-state index contributed by atoms with van der Waals surface area (Å²) in [5.74, 6) is 2.33. The molecule has 7 nitrogen and oxygen atoms in total. The van der Waals surface area contributed by atoms with Gasteiger partial charge in [-0.15, -0.1) is 5.10 Å². The summed E-state index contributed by atoms with van der Waals surface area (Å²) in [5.41, 5.74) is 4.10. The van der Waals surface area contributed by atoms with Gasteiger partial charge in [0.25, 0.3) is 0 Å². The van der Waals surface area contributed by atoms with Crippen molar-refractivity contribution in [3.63, 3.8) is 0 Å². The molecule has 3 aromatic heterocycles. The molecule has 4 rings (SSSR count). The number of hydrogen-bond donors (Lipinski definition) is 1. The van der Waals surface area contributed by atoms with E-state index >= 15 is 0 Å². The molecule has 1 aliphatic rings. The van der Waals surface area contributed by atoms with Crippen LogP contribution in [0.1, 0.15) is 17.1 Å². The number of methoxy groups -OCH3 is 1. The molecule has 0 atom stereocenters. The number of anilines is 1. The molecule has 0 bridgehead atoms. The molecule has 24 heavy (non-hydrogen) atoms. The lowest BCUT2D eigenvalue weighted by molar-refractivity contribution is 0.398. The van der Waals surface area contributed by atoms with Gasteiger partial charge in [-0.05, 0) is 25.1 Å². The molecule has 0 aliphatic carbocycles. The zero-order chi connectivity index (χ0) is 16.5. The topological polar surface area (TPSA) is 79.8 Å². The van der Waals surface area contributed by atoms with Crippen LogP contribution in [0.5, 0.6) is 5.88 Å². The van der Waals surface area contributed by atoms with Crippen LogP contribution in [0.25, 0.3) is 11.4 Å². The fourth-order valence-electron chi connectivity index (χ4n) is 2.83. The van der Waals surface area contributed by atoms with Gasteiger partial charge in [-0.3, -0.25) is 0 Å². The predicted molar refractivity (Wildman–Crippen MR) is 89.9 cm³/mol. The molecule has 0 radical (unpaired) electrons. The second kappa shape index (κ2) is 5.92. The maximum Gasteiger partial charge on any atom is 0.212 e. The summed E-state index contributed by atoms with van der Waals surface area (Å²) in [7, 11) is 1.61. The van der Waals surface area contributed by atoms with E-state index in [1.165, 1.54) is 0 Å². The number of hydrogen-bond acceptors (Lipinski definition) is 6. The maximum absolute atomic E-state index is 5.10. The van der Waals surface area contributed by atoms with Crippen molar-refractivity contribution in [2.45, 2.75) is 19.9 Å². The minimum Gasteiger partial charge on any atom is -0.481 e. The first-order chi connectivity index (χ1) is 11.7. The Bertz CT molecular complexity index is 841. The van der Waals surface area contributed by atoms with Gasteiger partial charge >= 0.3 is 0 Å². The van der Waals surface area contributed by atoms with Crippen molar-refractivity contribution in [3.8, 4) is 17.3 Å². The third kappa shape index (κ3) is 2.68. The zero-order valence-electron chi connectivity index (χ0n) is 13.7. The number of nitrogens with one attached hydrogen (secondary N) is 1. The number of aromatic amines is 1. The second-order valence-corrected chi connectivity index (χ2v) is 5.80. The SMILES string of the molecule is COc1ccc(-c2nc3c([nH]2)CN(c2ccc(C)nn2)CC3)cn1. The number of fused-ring (bicyclic) bond motifs is 1. The van der Waals surface area contributed by atoms with Crippen molar-refractivity contribution >= 4 is 5.82 Å². The first-order valence-corrected chi connectivity index (χ1v) is 7.86. The van der Waals surface area contributed by atoms with Crippen LogP contribution in [-0.4, -0.2) is 38.8 Å². The summed E-state index contributed by atoms with van der Waals surface area (Å²) in [4.78, 5) is 14.6. The first kappa shape index (κ1) is 14.6. The lowest BCUT2D eigenvalue weighted by atomic mass is 10.1. The largest absolute Gasteiger partial charge is 0.481 e. The Morgan fingerprint density at radius 1 is 1.17 bits per heavy atom. The maximum atomic E-state index is 5.10. The summed E-state index contributed by atoms with van der Waals surface area (Å²) < 4.78 is 5.10. The number of pyridine rings is 1. The highest BCUT2D eigenvalue weighted by Gasteiger charge is 2.21.